The highest BCUT2D eigenvalue weighted by Gasteiger charge is 2.72. The van der Waals surface area contributed by atoms with Crippen molar-refractivity contribution in [1.82, 2.24) is 0 Å². The quantitative estimate of drug-likeness (QED) is 0.436. The second kappa shape index (κ2) is 7.57. The predicted molar refractivity (Wildman–Crippen MR) is 134 cm³/mol. The van der Waals surface area contributed by atoms with Crippen molar-refractivity contribution in [2.45, 2.75) is 105 Å². The van der Waals surface area contributed by atoms with Crippen molar-refractivity contribution in [3.8, 4) is 0 Å². The summed E-state index contributed by atoms with van der Waals surface area (Å²) in [5, 5.41) is 31.4. The van der Waals surface area contributed by atoms with Crippen LogP contribution < -0.4 is 0 Å². The lowest BCUT2D eigenvalue weighted by Gasteiger charge is -2.72. The molecule has 0 aromatic heterocycles. The summed E-state index contributed by atoms with van der Waals surface area (Å²) in [5.74, 6) is 1.13. The summed E-state index contributed by atoms with van der Waals surface area (Å²) >= 11 is 0. The van der Waals surface area contributed by atoms with E-state index in [4.69, 9.17) is 0 Å². The minimum absolute atomic E-state index is 0.0304. The summed E-state index contributed by atoms with van der Waals surface area (Å²) in [7, 11) is 0. The van der Waals surface area contributed by atoms with E-state index in [1.807, 2.05) is 0 Å². The fourth-order valence-corrected chi connectivity index (χ4v) is 11.5. The van der Waals surface area contributed by atoms with Gasteiger partial charge in [-0.2, -0.15) is 0 Å². The van der Waals surface area contributed by atoms with Crippen LogP contribution in [0.2, 0.25) is 0 Å². The molecule has 4 nitrogen and oxygen atoms in total. The highest BCUT2D eigenvalue weighted by atomic mass is 16.4. The average Bonchev–Trinajstić information content (AvgIpc) is 3.18. The maximum Gasteiger partial charge on any atom is 0.309 e. The normalized spacial score (nSPS) is 53.7. The molecule has 6 unspecified atom stereocenters. The number of aliphatic hydroxyl groups excluding tert-OH is 2. The van der Waals surface area contributed by atoms with E-state index in [0.29, 0.717) is 17.8 Å². The first-order chi connectivity index (χ1) is 15.8. The van der Waals surface area contributed by atoms with Gasteiger partial charge in [0.1, 0.15) is 0 Å². The molecule has 0 aromatic carbocycles. The lowest BCUT2D eigenvalue weighted by Crippen LogP contribution is -2.67. The van der Waals surface area contributed by atoms with Crippen LogP contribution in [0.1, 0.15) is 98.8 Å². The van der Waals surface area contributed by atoms with Gasteiger partial charge >= 0.3 is 5.97 Å². The fraction of sp³-hybridized carbons (Fsp3) is 0.900. The van der Waals surface area contributed by atoms with E-state index in [9.17, 15) is 20.1 Å². The number of rotatable bonds is 3. The van der Waals surface area contributed by atoms with E-state index in [2.05, 4.69) is 41.2 Å². The third-order valence-corrected chi connectivity index (χ3v) is 13.6. The topological polar surface area (TPSA) is 77.8 Å². The number of carbonyl (C=O) groups is 1. The Kier molecular flexibility index (Phi) is 5.52. The number of aliphatic carboxylic acids is 1. The van der Waals surface area contributed by atoms with Crippen molar-refractivity contribution in [3.63, 3.8) is 0 Å². The van der Waals surface area contributed by atoms with E-state index < -0.39 is 11.4 Å². The Morgan fingerprint density at radius 1 is 0.853 bits per heavy atom. The summed E-state index contributed by atoms with van der Waals surface area (Å²) in [6.45, 7) is 16.4. The molecule has 0 aliphatic heterocycles. The molecule has 10 atom stereocenters. The van der Waals surface area contributed by atoms with Crippen LogP contribution in [0.3, 0.4) is 0 Å². The second-order valence-electron chi connectivity index (χ2n) is 14.5. The highest BCUT2D eigenvalue weighted by molar-refractivity contribution is 5.76. The van der Waals surface area contributed by atoms with Crippen LogP contribution in [0, 0.1) is 56.7 Å². The standard InChI is InChI=1S/C30H48O4/c1-18(17-31)19-9-14-30(25(33)34)16-15-28(5)20(24(19)30)7-8-22-27(4)12-11-23(32)26(2,3)21(27)10-13-29(22,28)6/h19-24,31-32H,1,7-17H2,2-6H3,(H,33,34)/t19-,20?,21?,22?,23?,24?,27-,28+,29+,30?/m0/s1. The van der Waals surface area contributed by atoms with Gasteiger partial charge in [0.2, 0.25) is 0 Å². The van der Waals surface area contributed by atoms with Crippen molar-refractivity contribution in [2.24, 2.45) is 56.7 Å². The number of fused-ring (bicyclic) bond motifs is 7. The van der Waals surface area contributed by atoms with Gasteiger partial charge in [0, 0.05) is 0 Å². The zero-order valence-electron chi connectivity index (χ0n) is 22.2. The van der Waals surface area contributed by atoms with E-state index in [0.717, 1.165) is 56.9 Å². The van der Waals surface area contributed by atoms with Crippen molar-refractivity contribution in [3.05, 3.63) is 12.2 Å². The Bertz CT molecular complexity index is 879. The molecule has 5 rings (SSSR count). The molecular weight excluding hydrogens is 424 g/mol. The molecule has 5 fully saturated rings. The van der Waals surface area contributed by atoms with Gasteiger partial charge in [-0.25, -0.2) is 0 Å². The second-order valence-corrected chi connectivity index (χ2v) is 14.5. The van der Waals surface area contributed by atoms with Gasteiger partial charge in [-0.05, 0) is 121 Å². The van der Waals surface area contributed by atoms with E-state index in [-0.39, 0.29) is 46.2 Å². The first-order valence-electron chi connectivity index (χ1n) is 14.0. The van der Waals surface area contributed by atoms with E-state index in [1.54, 1.807) is 0 Å². The van der Waals surface area contributed by atoms with Crippen molar-refractivity contribution >= 4 is 5.97 Å². The molecule has 5 aliphatic carbocycles. The number of carboxylic acids is 1. The van der Waals surface area contributed by atoms with Crippen molar-refractivity contribution in [2.75, 3.05) is 6.61 Å². The number of hydrogen-bond acceptors (Lipinski definition) is 3. The van der Waals surface area contributed by atoms with Crippen LogP contribution in [0.4, 0.5) is 0 Å². The van der Waals surface area contributed by atoms with Gasteiger partial charge in [0.15, 0.2) is 0 Å². The summed E-state index contributed by atoms with van der Waals surface area (Å²) in [4.78, 5) is 12.8. The summed E-state index contributed by atoms with van der Waals surface area (Å²) < 4.78 is 0. The van der Waals surface area contributed by atoms with Crippen LogP contribution in [0.25, 0.3) is 0 Å². The van der Waals surface area contributed by atoms with Gasteiger partial charge in [-0.1, -0.05) is 41.2 Å². The van der Waals surface area contributed by atoms with Crippen molar-refractivity contribution in [1.29, 1.82) is 0 Å². The Morgan fingerprint density at radius 2 is 1.56 bits per heavy atom. The summed E-state index contributed by atoms with van der Waals surface area (Å²) in [6, 6.07) is 0. The number of hydrogen-bond donors (Lipinski definition) is 3. The summed E-state index contributed by atoms with van der Waals surface area (Å²) in [5.41, 5.74) is 0.669. The van der Waals surface area contributed by atoms with Gasteiger partial charge < -0.3 is 15.3 Å². The van der Waals surface area contributed by atoms with E-state index >= 15 is 0 Å². The average molecular weight is 473 g/mol. The molecule has 3 N–H and O–H groups in total. The molecule has 5 aliphatic rings. The fourth-order valence-electron chi connectivity index (χ4n) is 11.5. The molecule has 4 heteroatoms. The molecule has 0 saturated heterocycles. The third-order valence-electron chi connectivity index (χ3n) is 13.6. The predicted octanol–water partition coefficient (Wildman–Crippen LogP) is 6.06. The third kappa shape index (κ3) is 2.82. The molecule has 0 radical (unpaired) electrons. The van der Waals surface area contributed by atoms with Crippen LogP contribution in [-0.2, 0) is 4.79 Å². The van der Waals surface area contributed by atoms with Crippen LogP contribution in [0.5, 0.6) is 0 Å². The van der Waals surface area contributed by atoms with Crippen LogP contribution in [-0.4, -0.2) is 34.0 Å². The zero-order valence-corrected chi connectivity index (χ0v) is 22.2. The number of carboxylic acid groups (broad SMARTS) is 1. The Hall–Kier alpha value is -0.870. The number of aliphatic hydroxyl groups is 2. The monoisotopic (exact) mass is 472 g/mol. The minimum Gasteiger partial charge on any atom is -0.481 e. The molecular formula is C30H48O4. The lowest BCUT2D eigenvalue weighted by atomic mass is 9.32. The molecule has 5 saturated carbocycles. The van der Waals surface area contributed by atoms with Crippen LogP contribution >= 0.6 is 0 Å². The Labute approximate surface area is 206 Å². The van der Waals surface area contributed by atoms with Gasteiger partial charge in [-0.3, -0.25) is 4.79 Å². The molecule has 34 heavy (non-hydrogen) atoms. The molecule has 0 spiro atoms. The zero-order chi connectivity index (χ0) is 24.9. The van der Waals surface area contributed by atoms with Gasteiger partial charge in [0.25, 0.3) is 0 Å². The maximum atomic E-state index is 12.8. The SMILES string of the molecule is C=C(CO)[C@@H]1CCC2(C(=O)O)CC[C@]3(C)C(CCC4[C@@]5(C)CCC(O)C(C)(C)C5CC[C@]43C)C12. The van der Waals surface area contributed by atoms with Gasteiger partial charge in [-0.15, -0.1) is 0 Å². The van der Waals surface area contributed by atoms with Crippen molar-refractivity contribution < 1.29 is 20.1 Å². The van der Waals surface area contributed by atoms with E-state index in [1.165, 1.54) is 12.8 Å². The highest BCUT2D eigenvalue weighted by Crippen LogP contribution is 2.77. The lowest BCUT2D eigenvalue weighted by molar-refractivity contribution is -0.248. The first-order valence-corrected chi connectivity index (χ1v) is 14.0. The maximum absolute atomic E-state index is 12.8. The molecule has 192 valence electrons. The molecule has 0 aromatic rings. The molecule has 0 heterocycles. The van der Waals surface area contributed by atoms with Gasteiger partial charge in [0.05, 0.1) is 18.1 Å². The minimum atomic E-state index is -0.645. The summed E-state index contributed by atoms with van der Waals surface area (Å²) in [6.07, 6.45) is 9.75. The Morgan fingerprint density at radius 3 is 2.21 bits per heavy atom. The smallest absolute Gasteiger partial charge is 0.309 e. The molecule has 0 amide bonds. The Balaban J connectivity index is 1.56. The largest absolute Gasteiger partial charge is 0.481 e. The molecule has 0 bridgehead atoms. The van der Waals surface area contributed by atoms with Crippen LogP contribution in [0.15, 0.2) is 12.2 Å². The first kappa shape index (κ1) is 24.8.